The standard InChI is InChI=1S/C35H56O6/c1-29(2)16-18-35(27(38)39)19-17-33(8)21(22(35)20-29)10-11-24-32(7)14-13-25(41-28(40)31(5,6)26(36)37)30(3,4)23(32)12-15-34(24,33)9/h21-25H,10-20H2,1-9H3,(H,36,37)(H,38,39)/t21-,22+,23+,24-,25+,32+,33-,34-,35+/m1/s1. The second-order valence-electron chi connectivity index (χ2n) is 17.8. The van der Waals surface area contributed by atoms with Gasteiger partial charge in [-0.25, -0.2) is 0 Å². The van der Waals surface area contributed by atoms with Crippen molar-refractivity contribution in [1.82, 2.24) is 0 Å². The zero-order chi connectivity index (χ0) is 30.6. The third-order valence-corrected chi connectivity index (χ3v) is 14.9. The van der Waals surface area contributed by atoms with Crippen molar-refractivity contribution in [3.05, 3.63) is 0 Å². The van der Waals surface area contributed by atoms with E-state index in [4.69, 9.17) is 4.74 Å². The third-order valence-electron chi connectivity index (χ3n) is 14.9. The molecule has 2 N–H and O–H groups in total. The van der Waals surface area contributed by atoms with Crippen LogP contribution in [0.15, 0.2) is 0 Å². The van der Waals surface area contributed by atoms with Crippen molar-refractivity contribution in [3.63, 3.8) is 0 Å². The van der Waals surface area contributed by atoms with Crippen LogP contribution in [0.5, 0.6) is 0 Å². The van der Waals surface area contributed by atoms with E-state index in [2.05, 4.69) is 48.5 Å². The molecule has 5 aliphatic rings. The topological polar surface area (TPSA) is 101 Å². The Balaban J connectivity index is 1.45. The predicted molar refractivity (Wildman–Crippen MR) is 158 cm³/mol. The Labute approximate surface area is 247 Å². The van der Waals surface area contributed by atoms with Crippen molar-refractivity contribution in [1.29, 1.82) is 0 Å². The summed E-state index contributed by atoms with van der Waals surface area (Å²) in [5.74, 6) is -0.742. The van der Waals surface area contributed by atoms with E-state index in [0.29, 0.717) is 17.8 Å². The minimum Gasteiger partial charge on any atom is -0.481 e. The SMILES string of the molecule is CC1(C)CC[C@]2(C(=O)O)CC[C@]3(C)[C@H](CC[C@@H]4[C@@]5(C)CC[C@H](OC(=O)C(C)(C)C(=O)O)C(C)(C)[C@@H]5CC[C@]43C)[C@@H]2C1. The van der Waals surface area contributed by atoms with Crippen molar-refractivity contribution in [3.8, 4) is 0 Å². The summed E-state index contributed by atoms with van der Waals surface area (Å²) in [6.45, 7) is 19.6. The van der Waals surface area contributed by atoms with Gasteiger partial charge in [-0.2, -0.15) is 0 Å². The predicted octanol–water partition coefficient (Wildman–Crippen LogP) is 7.98. The number of aliphatic carboxylic acids is 2. The van der Waals surface area contributed by atoms with Gasteiger partial charge in [0, 0.05) is 5.41 Å². The minimum atomic E-state index is -1.56. The third kappa shape index (κ3) is 4.10. The summed E-state index contributed by atoms with van der Waals surface area (Å²) in [7, 11) is 0. The maximum atomic E-state index is 13.0. The van der Waals surface area contributed by atoms with E-state index in [1.54, 1.807) is 0 Å². The van der Waals surface area contributed by atoms with E-state index < -0.39 is 28.7 Å². The Kier molecular flexibility index (Phi) is 6.93. The van der Waals surface area contributed by atoms with Crippen LogP contribution in [0.2, 0.25) is 0 Å². The lowest BCUT2D eigenvalue weighted by molar-refractivity contribution is -0.257. The van der Waals surface area contributed by atoms with Gasteiger partial charge >= 0.3 is 17.9 Å². The molecule has 6 nitrogen and oxygen atoms in total. The van der Waals surface area contributed by atoms with Crippen molar-refractivity contribution < 1.29 is 29.3 Å². The highest BCUT2D eigenvalue weighted by Gasteiger charge is 2.71. The first-order valence-corrected chi connectivity index (χ1v) is 16.4. The molecular formula is C35H56O6. The largest absolute Gasteiger partial charge is 0.481 e. The summed E-state index contributed by atoms with van der Waals surface area (Å²) in [5.41, 5.74) is -1.83. The molecular weight excluding hydrogens is 516 g/mol. The van der Waals surface area contributed by atoms with Crippen molar-refractivity contribution in [2.75, 3.05) is 0 Å². The molecule has 0 aliphatic heterocycles. The Morgan fingerprint density at radius 1 is 0.707 bits per heavy atom. The van der Waals surface area contributed by atoms with Gasteiger partial charge in [-0.3, -0.25) is 14.4 Å². The number of rotatable bonds is 4. The number of hydrogen-bond acceptors (Lipinski definition) is 4. The van der Waals surface area contributed by atoms with Crippen LogP contribution in [0.3, 0.4) is 0 Å². The Hall–Kier alpha value is -1.59. The van der Waals surface area contributed by atoms with Crippen molar-refractivity contribution in [2.45, 2.75) is 139 Å². The highest BCUT2D eigenvalue weighted by Crippen LogP contribution is 2.77. The van der Waals surface area contributed by atoms with Crippen LogP contribution in [-0.4, -0.2) is 34.2 Å². The smallest absolute Gasteiger partial charge is 0.323 e. The number of carboxylic acids is 2. The number of carbonyl (C=O) groups is 3. The highest BCUT2D eigenvalue weighted by atomic mass is 16.5. The molecule has 0 bridgehead atoms. The molecule has 0 aromatic heterocycles. The lowest BCUT2D eigenvalue weighted by Crippen LogP contribution is -2.68. The van der Waals surface area contributed by atoms with Gasteiger partial charge in [0.15, 0.2) is 5.41 Å². The van der Waals surface area contributed by atoms with Gasteiger partial charge < -0.3 is 14.9 Å². The van der Waals surface area contributed by atoms with E-state index in [9.17, 15) is 24.6 Å². The first kappa shape index (κ1) is 30.9. The summed E-state index contributed by atoms with van der Waals surface area (Å²) in [6.07, 6.45) is 10.5. The van der Waals surface area contributed by atoms with Gasteiger partial charge in [-0.1, -0.05) is 48.5 Å². The minimum absolute atomic E-state index is 0.100. The molecule has 5 saturated carbocycles. The van der Waals surface area contributed by atoms with Crippen LogP contribution in [-0.2, 0) is 19.1 Å². The van der Waals surface area contributed by atoms with Gasteiger partial charge in [0.25, 0.3) is 0 Å². The van der Waals surface area contributed by atoms with Crippen molar-refractivity contribution in [2.24, 2.45) is 61.6 Å². The number of ether oxygens (including phenoxy) is 1. The molecule has 0 unspecified atom stereocenters. The van der Waals surface area contributed by atoms with Gasteiger partial charge in [-0.15, -0.1) is 0 Å². The zero-order valence-corrected chi connectivity index (χ0v) is 27.2. The summed E-state index contributed by atoms with van der Waals surface area (Å²) in [4.78, 5) is 37.6. The van der Waals surface area contributed by atoms with Crippen LogP contribution in [0.4, 0.5) is 0 Å². The average Bonchev–Trinajstić information content (AvgIpc) is 2.85. The molecule has 0 aromatic rings. The summed E-state index contributed by atoms with van der Waals surface area (Å²) in [5, 5.41) is 20.2. The van der Waals surface area contributed by atoms with E-state index in [1.165, 1.54) is 13.8 Å². The molecule has 232 valence electrons. The quantitative estimate of drug-likeness (QED) is 0.262. The molecule has 41 heavy (non-hydrogen) atoms. The second-order valence-corrected chi connectivity index (χ2v) is 17.8. The van der Waals surface area contributed by atoms with E-state index in [0.717, 1.165) is 70.6 Å². The van der Waals surface area contributed by atoms with Crippen molar-refractivity contribution >= 4 is 17.9 Å². The molecule has 9 atom stereocenters. The van der Waals surface area contributed by atoms with Crippen LogP contribution in [0.25, 0.3) is 0 Å². The summed E-state index contributed by atoms with van der Waals surface area (Å²) in [6, 6.07) is 0. The number of fused-ring (bicyclic) bond motifs is 7. The second kappa shape index (κ2) is 9.21. The molecule has 0 aromatic carbocycles. The van der Waals surface area contributed by atoms with Crippen LogP contribution >= 0.6 is 0 Å². The number of hydrogen-bond donors (Lipinski definition) is 2. The molecule has 5 aliphatic carbocycles. The highest BCUT2D eigenvalue weighted by molar-refractivity contribution is 5.98. The van der Waals surface area contributed by atoms with E-state index >= 15 is 0 Å². The summed E-state index contributed by atoms with van der Waals surface area (Å²) < 4.78 is 6.03. The van der Waals surface area contributed by atoms with E-state index in [-0.39, 0.29) is 39.1 Å². The molecule has 5 rings (SSSR count). The van der Waals surface area contributed by atoms with Gasteiger partial charge in [-0.05, 0) is 130 Å². The van der Waals surface area contributed by atoms with Crippen LogP contribution < -0.4 is 0 Å². The fraction of sp³-hybridized carbons (Fsp3) is 0.914. The van der Waals surface area contributed by atoms with Gasteiger partial charge in [0.1, 0.15) is 6.10 Å². The van der Waals surface area contributed by atoms with Gasteiger partial charge in [0.05, 0.1) is 5.41 Å². The molecule has 0 spiro atoms. The fourth-order valence-corrected chi connectivity index (χ4v) is 12.0. The zero-order valence-electron chi connectivity index (χ0n) is 27.2. The molecule has 0 radical (unpaired) electrons. The van der Waals surface area contributed by atoms with Crippen LogP contribution in [0, 0.1) is 61.6 Å². The molecule has 6 heteroatoms. The lowest BCUT2D eigenvalue weighted by atomic mass is 9.31. The van der Waals surface area contributed by atoms with Crippen LogP contribution in [0.1, 0.15) is 133 Å². The molecule has 0 amide bonds. The molecule has 5 fully saturated rings. The number of carbonyl (C=O) groups excluding carboxylic acids is 1. The first-order chi connectivity index (χ1) is 18.7. The van der Waals surface area contributed by atoms with E-state index in [1.807, 2.05) is 0 Å². The first-order valence-electron chi connectivity index (χ1n) is 16.4. The number of carboxylic acid groups (broad SMARTS) is 2. The normalized spacial score (nSPS) is 46.6. The Morgan fingerprint density at radius 2 is 1.34 bits per heavy atom. The monoisotopic (exact) mass is 572 g/mol. The molecule has 0 heterocycles. The fourth-order valence-electron chi connectivity index (χ4n) is 12.0. The molecule has 0 saturated heterocycles. The maximum Gasteiger partial charge on any atom is 0.323 e. The number of esters is 1. The average molecular weight is 573 g/mol. The maximum absolute atomic E-state index is 13.0. The van der Waals surface area contributed by atoms with Gasteiger partial charge in [0.2, 0.25) is 0 Å². The Morgan fingerprint density at radius 3 is 1.95 bits per heavy atom. The Bertz CT molecular complexity index is 1120. The lowest BCUT2D eigenvalue weighted by Gasteiger charge is -2.73. The summed E-state index contributed by atoms with van der Waals surface area (Å²) >= 11 is 0.